The van der Waals surface area contributed by atoms with Crippen molar-refractivity contribution in [1.82, 2.24) is 19.4 Å². The van der Waals surface area contributed by atoms with E-state index in [4.69, 9.17) is 9.72 Å². The van der Waals surface area contributed by atoms with E-state index in [1.54, 1.807) is 0 Å². The predicted octanol–water partition coefficient (Wildman–Crippen LogP) is 6.47. The van der Waals surface area contributed by atoms with E-state index in [0.717, 1.165) is 54.8 Å². The number of fused-ring (bicyclic) bond motifs is 2. The van der Waals surface area contributed by atoms with Gasteiger partial charge in [0.2, 0.25) is 0 Å². The molecular weight excluding hydrogens is 563 g/mol. The van der Waals surface area contributed by atoms with E-state index in [-0.39, 0.29) is 12.0 Å². The van der Waals surface area contributed by atoms with Crippen LogP contribution in [-0.2, 0) is 15.7 Å². The molecule has 1 aromatic carbocycles. The van der Waals surface area contributed by atoms with Crippen molar-refractivity contribution in [2.45, 2.75) is 50.0 Å². The highest BCUT2D eigenvalue weighted by Gasteiger charge is 2.35. The van der Waals surface area contributed by atoms with E-state index in [1.165, 1.54) is 27.8 Å². The number of ether oxygens (including phenoxy) is 1. The van der Waals surface area contributed by atoms with Gasteiger partial charge in [0, 0.05) is 48.6 Å². The van der Waals surface area contributed by atoms with Gasteiger partial charge in [-0.1, -0.05) is 46.9 Å². The number of halogens is 1. The zero-order chi connectivity index (χ0) is 25.1. The van der Waals surface area contributed by atoms with E-state index in [0.29, 0.717) is 12.5 Å². The summed E-state index contributed by atoms with van der Waals surface area (Å²) in [5.74, 6) is 1.66. The number of benzene rings is 1. The molecule has 1 unspecified atom stereocenters. The fraction of sp³-hybridized carbons (Fsp3) is 0.414. The summed E-state index contributed by atoms with van der Waals surface area (Å²) in [6.07, 6.45) is 10.8. The number of carbonyl (C=O) groups excluding carboxylic acids is 1. The molecule has 7 heteroatoms. The third kappa shape index (κ3) is 5.08. The lowest BCUT2D eigenvalue weighted by Crippen LogP contribution is -2.40. The van der Waals surface area contributed by atoms with Crippen molar-refractivity contribution in [3.05, 3.63) is 82.7 Å². The highest BCUT2D eigenvalue weighted by Crippen LogP contribution is 2.45. The van der Waals surface area contributed by atoms with Crippen molar-refractivity contribution >= 4 is 40.3 Å². The van der Waals surface area contributed by atoms with Crippen LogP contribution in [0.25, 0.3) is 11.6 Å². The number of aromatic nitrogens is 3. The maximum absolute atomic E-state index is 12.3. The number of piperidine rings is 1. The minimum atomic E-state index is -0.193. The molecule has 1 aliphatic carbocycles. The SMILES string of the molecule is CCOC(=O)N1CCC(C2c3ccc(CI)cc3C(CCn3ccnc3C)=Cc3cccnc32)CC1. The summed E-state index contributed by atoms with van der Waals surface area (Å²) in [7, 11) is 0. The number of allylic oxidation sites excluding steroid dienone is 1. The lowest BCUT2D eigenvalue weighted by atomic mass is 9.75. The number of aryl methyl sites for hydroxylation is 2. The molecule has 1 saturated heterocycles. The molecule has 2 aromatic heterocycles. The summed E-state index contributed by atoms with van der Waals surface area (Å²) in [5, 5.41) is 0. The maximum atomic E-state index is 12.3. The standard InChI is InChI=1S/C29H33IN4O2/c1-3-36-29(35)34-14-8-22(9-15-34)27-25-7-6-21(19-30)17-26(25)23(10-13-33-16-12-31-20(33)2)18-24-5-4-11-32-28(24)27/h4-7,11-12,16-18,22,27H,3,8-10,13-15,19H2,1-2H3. The van der Waals surface area contributed by atoms with Crippen LogP contribution in [-0.4, -0.2) is 45.2 Å². The number of imidazole rings is 1. The van der Waals surface area contributed by atoms with Gasteiger partial charge in [0.15, 0.2) is 0 Å². The second-order valence-corrected chi connectivity index (χ2v) is 10.4. The second kappa shape index (κ2) is 11.2. The number of nitrogens with zero attached hydrogens (tertiary/aromatic N) is 4. The number of alkyl halides is 1. The summed E-state index contributed by atoms with van der Waals surface area (Å²) >= 11 is 2.45. The summed E-state index contributed by atoms with van der Waals surface area (Å²) in [4.78, 5) is 23.5. The van der Waals surface area contributed by atoms with Gasteiger partial charge in [-0.15, -0.1) is 0 Å². The molecule has 3 aromatic rings. The van der Waals surface area contributed by atoms with Gasteiger partial charge in [-0.05, 0) is 79.0 Å². The molecule has 36 heavy (non-hydrogen) atoms. The Morgan fingerprint density at radius 1 is 1.17 bits per heavy atom. The molecule has 5 rings (SSSR count). The molecule has 1 aliphatic heterocycles. The summed E-state index contributed by atoms with van der Waals surface area (Å²) in [6.45, 7) is 6.68. The van der Waals surface area contributed by atoms with Crippen molar-refractivity contribution in [1.29, 1.82) is 0 Å². The topological polar surface area (TPSA) is 60.2 Å². The van der Waals surface area contributed by atoms with Gasteiger partial charge in [0.25, 0.3) is 0 Å². The Morgan fingerprint density at radius 2 is 2.00 bits per heavy atom. The van der Waals surface area contributed by atoms with E-state index < -0.39 is 0 Å². The average Bonchev–Trinajstić information content (AvgIpc) is 3.26. The Labute approximate surface area is 226 Å². The monoisotopic (exact) mass is 596 g/mol. The van der Waals surface area contributed by atoms with Gasteiger partial charge in [-0.25, -0.2) is 9.78 Å². The Morgan fingerprint density at radius 3 is 2.72 bits per heavy atom. The third-order valence-corrected chi connectivity index (χ3v) is 8.41. The van der Waals surface area contributed by atoms with Gasteiger partial charge >= 0.3 is 6.09 Å². The van der Waals surface area contributed by atoms with E-state index >= 15 is 0 Å². The molecule has 0 N–H and O–H groups in total. The van der Waals surface area contributed by atoms with Gasteiger partial charge in [-0.2, -0.15) is 0 Å². The first-order chi connectivity index (χ1) is 17.6. The Hall–Kier alpha value is -2.68. The van der Waals surface area contributed by atoms with E-state index in [2.05, 4.69) is 75.6 Å². The van der Waals surface area contributed by atoms with Crippen LogP contribution in [0, 0.1) is 12.8 Å². The van der Waals surface area contributed by atoms with Crippen LogP contribution in [0.5, 0.6) is 0 Å². The Balaban J connectivity index is 1.52. The number of hydrogen-bond donors (Lipinski definition) is 0. The minimum Gasteiger partial charge on any atom is -0.450 e. The first kappa shape index (κ1) is 25.0. The third-order valence-electron chi connectivity index (χ3n) is 7.53. The van der Waals surface area contributed by atoms with E-state index in [9.17, 15) is 4.79 Å². The molecule has 0 saturated carbocycles. The molecule has 3 heterocycles. The lowest BCUT2D eigenvalue weighted by molar-refractivity contribution is 0.0900. The number of carbonyl (C=O) groups is 1. The molecule has 0 bridgehead atoms. The molecule has 1 amide bonds. The first-order valence-corrected chi connectivity index (χ1v) is 14.4. The van der Waals surface area contributed by atoms with Crippen molar-refractivity contribution in [3.63, 3.8) is 0 Å². The molecule has 0 radical (unpaired) electrons. The summed E-state index contributed by atoms with van der Waals surface area (Å²) in [6, 6.07) is 11.3. The van der Waals surface area contributed by atoms with Crippen LogP contribution < -0.4 is 0 Å². The van der Waals surface area contributed by atoms with Crippen LogP contribution in [0.1, 0.15) is 65.9 Å². The Kier molecular flexibility index (Phi) is 7.74. The molecule has 6 nitrogen and oxygen atoms in total. The fourth-order valence-electron chi connectivity index (χ4n) is 5.66. The van der Waals surface area contributed by atoms with Crippen molar-refractivity contribution < 1.29 is 9.53 Å². The Bertz CT molecular complexity index is 1260. The smallest absolute Gasteiger partial charge is 0.409 e. The van der Waals surface area contributed by atoms with Gasteiger partial charge in [0.05, 0.1) is 12.3 Å². The van der Waals surface area contributed by atoms with Crippen LogP contribution in [0.2, 0.25) is 0 Å². The first-order valence-electron chi connectivity index (χ1n) is 12.8. The fourth-order valence-corrected chi connectivity index (χ4v) is 6.13. The molecule has 188 valence electrons. The van der Waals surface area contributed by atoms with Crippen LogP contribution in [0.15, 0.2) is 48.9 Å². The van der Waals surface area contributed by atoms with Crippen LogP contribution in [0.3, 0.4) is 0 Å². The number of pyridine rings is 1. The number of likely N-dealkylation sites (tertiary alicyclic amines) is 1. The normalized spacial score (nSPS) is 17.7. The van der Waals surface area contributed by atoms with E-state index in [1.807, 2.05) is 30.3 Å². The molecule has 2 aliphatic rings. The lowest BCUT2D eigenvalue weighted by Gasteiger charge is -2.36. The number of rotatable bonds is 6. The minimum absolute atomic E-state index is 0.193. The molecule has 0 spiro atoms. The summed E-state index contributed by atoms with van der Waals surface area (Å²) in [5.41, 5.74) is 7.77. The predicted molar refractivity (Wildman–Crippen MR) is 151 cm³/mol. The van der Waals surface area contributed by atoms with Crippen LogP contribution >= 0.6 is 22.6 Å². The highest BCUT2D eigenvalue weighted by molar-refractivity contribution is 14.1. The number of hydrogen-bond acceptors (Lipinski definition) is 4. The highest BCUT2D eigenvalue weighted by atomic mass is 127. The molecular formula is C29H33IN4O2. The second-order valence-electron chi connectivity index (χ2n) is 9.62. The van der Waals surface area contributed by atoms with Crippen molar-refractivity contribution in [2.24, 2.45) is 5.92 Å². The zero-order valence-electron chi connectivity index (χ0n) is 21.0. The average molecular weight is 597 g/mol. The van der Waals surface area contributed by atoms with Gasteiger partial charge in [0.1, 0.15) is 5.82 Å². The van der Waals surface area contributed by atoms with Gasteiger partial charge in [-0.3, -0.25) is 4.98 Å². The van der Waals surface area contributed by atoms with Crippen LogP contribution in [0.4, 0.5) is 4.79 Å². The van der Waals surface area contributed by atoms with Crippen molar-refractivity contribution in [3.8, 4) is 0 Å². The molecule has 1 fully saturated rings. The van der Waals surface area contributed by atoms with Crippen molar-refractivity contribution in [2.75, 3.05) is 19.7 Å². The molecule has 1 atom stereocenters. The summed E-state index contributed by atoms with van der Waals surface area (Å²) < 4.78 is 8.46. The zero-order valence-corrected chi connectivity index (χ0v) is 23.1. The maximum Gasteiger partial charge on any atom is 0.409 e. The largest absolute Gasteiger partial charge is 0.450 e. The number of amides is 1. The quantitative estimate of drug-likeness (QED) is 0.242. The van der Waals surface area contributed by atoms with Gasteiger partial charge < -0.3 is 14.2 Å².